The third-order valence-corrected chi connectivity index (χ3v) is 6.39. The molecule has 1 atom stereocenters. The molecule has 2 aromatic rings. The average Bonchev–Trinajstić information content (AvgIpc) is 2.83. The normalized spacial score (nSPS) is 18.0. The molecule has 0 saturated heterocycles. The molecule has 0 fully saturated rings. The van der Waals surface area contributed by atoms with Gasteiger partial charge < -0.3 is 0 Å². The lowest BCUT2D eigenvalue weighted by atomic mass is 9.98. The maximum atomic E-state index is 2.31. The summed E-state index contributed by atoms with van der Waals surface area (Å²) < 4.78 is 0. The van der Waals surface area contributed by atoms with Crippen LogP contribution in [-0.4, -0.2) is 5.29 Å². The number of hydrogen-bond donors (Lipinski definition) is 0. The standard InChI is InChI=1S/C18H14P/c1-2-8-14(9-3-1)19-17-12-6-4-10-15(17)16-11-5-7-13-18(16)19/h1-12H,13H2/q+1. The van der Waals surface area contributed by atoms with Gasteiger partial charge in [0, 0.05) is 17.6 Å². The third kappa shape index (κ3) is 1.64. The summed E-state index contributed by atoms with van der Waals surface area (Å²) >= 11 is 0. The Morgan fingerprint density at radius 3 is 2.53 bits per heavy atom. The van der Waals surface area contributed by atoms with Crippen molar-refractivity contribution in [2.24, 2.45) is 0 Å². The average molecular weight is 261 g/mol. The molecule has 0 nitrogen and oxygen atoms in total. The summed E-state index contributed by atoms with van der Waals surface area (Å²) in [6, 6.07) is 19.9. The molecule has 1 aliphatic carbocycles. The number of fused-ring (bicyclic) bond motifs is 3. The molecular weight excluding hydrogens is 247 g/mol. The molecular formula is C18H14P+. The van der Waals surface area contributed by atoms with Gasteiger partial charge in [0.15, 0.2) is 18.2 Å². The van der Waals surface area contributed by atoms with Gasteiger partial charge in [0.2, 0.25) is 0 Å². The van der Waals surface area contributed by atoms with Crippen LogP contribution in [0.3, 0.4) is 0 Å². The summed E-state index contributed by atoms with van der Waals surface area (Å²) in [6.07, 6.45) is 7.85. The summed E-state index contributed by atoms with van der Waals surface area (Å²) in [5.74, 6) is 0. The van der Waals surface area contributed by atoms with E-state index in [0.717, 1.165) is 6.42 Å². The molecule has 0 spiro atoms. The van der Waals surface area contributed by atoms with Gasteiger partial charge in [-0.25, -0.2) is 0 Å². The molecule has 1 heteroatoms. The van der Waals surface area contributed by atoms with Crippen LogP contribution < -0.4 is 10.6 Å². The minimum atomic E-state index is -0.316. The molecule has 0 saturated carbocycles. The van der Waals surface area contributed by atoms with Crippen LogP contribution in [0.2, 0.25) is 0 Å². The second-order valence-electron chi connectivity index (χ2n) is 4.85. The lowest BCUT2D eigenvalue weighted by Crippen LogP contribution is -2.07. The Balaban J connectivity index is 2.03. The van der Waals surface area contributed by atoms with Crippen LogP contribution in [0.1, 0.15) is 12.0 Å². The van der Waals surface area contributed by atoms with Crippen molar-refractivity contribution in [3.63, 3.8) is 0 Å². The van der Waals surface area contributed by atoms with Crippen molar-refractivity contribution >= 4 is 29.0 Å². The van der Waals surface area contributed by atoms with Crippen LogP contribution in [0, 0.1) is 0 Å². The summed E-state index contributed by atoms with van der Waals surface area (Å²) in [6.45, 7) is 0. The minimum Gasteiger partial charge on any atom is -0.0763 e. The van der Waals surface area contributed by atoms with Gasteiger partial charge in [0.1, 0.15) is 5.29 Å². The van der Waals surface area contributed by atoms with Gasteiger partial charge in [0.05, 0.1) is 0 Å². The summed E-state index contributed by atoms with van der Waals surface area (Å²) in [5, 5.41) is 4.61. The Labute approximate surface area is 114 Å². The number of rotatable bonds is 1. The first-order valence-electron chi connectivity index (χ1n) is 6.63. The maximum absolute atomic E-state index is 2.31. The summed E-state index contributed by atoms with van der Waals surface area (Å²) in [4.78, 5) is 0. The molecule has 90 valence electrons. The Kier molecular flexibility index (Phi) is 2.50. The van der Waals surface area contributed by atoms with Crippen molar-refractivity contribution in [1.82, 2.24) is 0 Å². The van der Waals surface area contributed by atoms with E-state index in [9.17, 15) is 0 Å². The van der Waals surface area contributed by atoms with Crippen LogP contribution in [0.25, 0.3) is 5.57 Å². The molecule has 1 aliphatic heterocycles. The summed E-state index contributed by atoms with van der Waals surface area (Å²) in [7, 11) is -0.316. The monoisotopic (exact) mass is 261 g/mol. The van der Waals surface area contributed by atoms with Gasteiger partial charge in [-0.1, -0.05) is 48.6 Å². The first-order valence-corrected chi connectivity index (χ1v) is 7.97. The fourth-order valence-electron chi connectivity index (χ4n) is 2.92. The third-order valence-electron chi connectivity index (χ3n) is 3.74. The highest BCUT2D eigenvalue weighted by molar-refractivity contribution is 7.75. The number of allylic oxidation sites excluding steroid dienone is 4. The van der Waals surface area contributed by atoms with E-state index in [1.54, 1.807) is 5.29 Å². The van der Waals surface area contributed by atoms with Gasteiger partial charge >= 0.3 is 0 Å². The number of hydrogen-bond acceptors (Lipinski definition) is 0. The van der Waals surface area contributed by atoms with Crippen molar-refractivity contribution < 1.29 is 0 Å². The second-order valence-corrected chi connectivity index (χ2v) is 7.06. The molecule has 19 heavy (non-hydrogen) atoms. The molecule has 0 radical (unpaired) electrons. The van der Waals surface area contributed by atoms with E-state index < -0.39 is 0 Å². The van der Waals surface area contributed by atoms with Crippen molar-refractivity contribution in [3.8, 4) is 0 Å². The molecule has 0 aromatic heterocycles. The molecule has 2 aromatic carbocycles. The smallest absolute Gasteiger partial charge is 0.0763 e. The molecule has 2 aliphatic rings. The van der Waals surface area contributed by atoms with Crippen LogP contribution in [0.15, 0.2) is 72.8 Å². The Morgan fingerprint density at radius 1 is 0.842 bits per heavy atom. The van der Waals surface area contributed by atoms with E-state index >= 15 is 0 Å². The zero-order valence-electron chi connectivity index (χ0n) is 10.6. The van der Waals surface area contributed by atoms with Gasteiger partial charge in [-0.05, 0) is 24.3 Å². The molecule has 0 bridgehead atoms. The van der Waals surface area contributed by atoms with E-state index in [1.807, 2.05) is 0 Å². The maximum Gasteiger partial charge on any atom is 0.174 e. The summed E-state index contributed by atoms with van der Waals surface area (Å²) in [5.41, 5.74) is 2.91. The van der Waals surface area contributed by atoms with Crippen molar-refractivity contribution in [3.05, 3.63) is 78.4 Å². The van der Waals surface area contributed by atoms with E-state index in [4.69, 9.17) is 0 Å². The zero-order chi connectivity index (χ0) is 12.7. The zero-order valence-corrected chi connectivity index (χ0v) is 11.5. The molecule has 1 heterocycles. The van der Waals surface area contributed by atoms with Crippen LogP contribution in [-0.2, 0) is 0 Å². The van der Waals surface area contributed by atoms with Gasteiger partial charge in [-0.3, -0.25) is 0 Å². The van der Waals surface area contributed by atoms with Gasteiger partial charge in [-0.15, -0.1) is 0 Å². The molecule has 4 rings (SSSR count). The fraction of sp³-hybridized carbons (Fsp3) is 0.0556. The van der Waals surface area contributed by atoms with Crippen molar-refractivity contribution in [2.45, 2.75) is 6.42 Å². The first-order chi connectivity index (χ1) is 9.45. The van der Waals surface area contributed by atoms with Crippen LogP contribution in [0.4, 0.5) is 0 Å². The molecule has 1 unspecified atom stereocenters. The lowest BCUT2D eigenvalue weighted by molar-refractivity contribution is 1.50. The first kappa shape index (κ1) is 11.0. The van der Waals surface area contributed by atoms with E-state index in [2.05, 4.69) is 72.8 Å². The minimum absolute atomic E-state index is 0.316. The molecule has 0 N–H and O–H groups in total. The van der Waals surface area contributed by atoms with E-state index in [1.165, 1.54) is 21.7 Å². The second kappa shape index (κ2) is 4.33. The van der Waals surface area contributed by atoms with Crippen molar-refractivity contribution in [1.29, 1.82) is 0 Å². The predicted octanol–water partition coefficient (Wildman–Crippen LogP) is 3.65. The topological polar surface area (TPSA) is 0 Å². The Bertz CT molecular complexity index is 733. The highest BCUT2D eigenvalue weighted by Gasteiger charge is 2.37. The highest BCUT2D eigenvalue weighted by atomic mass is 31.1. The lowest BCUT2D eigenvalue weighted by Gasteiger charge is -2.02. The van der Waals surface area contributed by atoms with Crippen molar-refractivity contribution in [2.75, 3.05) is 0 Å². The SMILES string of the molecule is C1=CCC2=[P+](c3ccccc3)c3ccccc3C2=C1. The molecule has 0 amide bonds. The van der Waals surface area contributed by atoms with Crippen LogP contribution >= 0.6 is 7.55 Å². The van der Waals surface area contributed by atoms with Crippen LogP contribution in [0.5, 0.6) is 0 Å². The Hall–Kier alpha value is -1.91. The number of benzene rings is 2. The highest BCUT2D eigenvalue weighted by Crippen LogP contribution is 2.41. The quantitative estimate of drug-likeness (QED) is 0.687. The fourth-order valence-corrected chi connectivity index (χ4v) is 5.67. The van der Waals surface area contributed by atoms with E-state index in [0.29, 0.717) is 0 Å². The van der Waals surface area contributed by atoms with Gasteiger partial charge in [-0.2, -0.15) is 0 Å². The predicted molar refractivity (Wildman–Crippen MR) is 85.8 cm³/mol. The Morgan fingerprint density at radius 2 is 1.63 bits per heavy atom. The largest absolute Gasteiger partial charge is 0.174 e. The van der Waals surface area contributed by atoms with E-state index in [-0.39, 0.29) is 7.55 Å². The van der Waals surface area contributed by atoms with Gasteiger partial charge in [0.25, 0.3) is 0 Å².